The van der Waals surface area contributed by atoms with E-state index in [-0.39, 0.29) is 24.6 Å². The molecule has 3 amide bonds. The number of carbonyl (C=O) groups excluding carboxylic acids is 3. The van der Waals surface area contributed by atoms with Crippen molar-refractivity contribution < 1.29 is 14.4 Å². The van der Waals surface area contributed by atoms with Crippen LogP contribution in [-0.4, -0.2) is 44.8 Å². The highest BCUT2D eigenvalue weighted by molar-refractivity contribution is 7.99. The van der Waals surface area contributed by atoms with E-state index >= 15 is 0 Å². The van der Waals surface area contributed by atoms with Crippen molar-refractivity contribution in [2.75, 3.05) is 17.6 Å². The number of aromatic nitrogens is 3. The first-order valence-electron chi connectivity index (χ1n) is 10.1. The Hall–Kier alpha value is -3.66. The number of rotatable bonds is 10. The van der Waals surface area contributed by atoms with Gasteiger partial charge in [-0.25, -0.2) is 0 Å². The summed E-state index contributed by atoms with van der Waals surface area (Å²) in [5.41, 5.74) is 7.89. The van der Waals surface area contributed by atoms with E-state index in [1.165, 1.54) is 11.8 Å². The first-order chi connectivity index (χ1) is 15.5. The molecule has 0 aliphatic rings. The van der Waals surface area contributed by atoms with Gasteiger partial charge in [0.25, 0.3) is 5.91 Å². The van der Waals surface area contributed by atoms with Gasteiger partial charge in [0.05, 0.1) is 22.7 Å². The highest BCUT2D eigenvalue weighted by Gasteiger charge is 2.15. The van der Waals surface area contributed by atoms with Crippen molar-refractivity contribution in [3.05, 3.63) is 66.0 Å². The second-order valence-electron chi connectivity index (χ2n) is 6.82. The fraction of sp³-hybridized carbons (Fsp3) is 0.227. The van der Waals surface area contributed by atoms with E-state index in [1.54, 1.807) is 30.6 Å². The lowest BCUT2D eigenvalue weighted by atomic mass is 10.1. The zero-order valence-corrected chi connectivity index (χ0v) is 18.4. The highest BCUT2D eigenvalue weighted by Crippen LogP contribution is 2.23. The van der Waals surface area contributed by atoms with Gasteiger partial charge >= 0.3 is 0 Å². The molecule has 0 aliphatic carbocycles. The summed E-state index contributed by atoms with van der Waals surface area (Å²) in [7, 11) is 0. The number of amides is 3. The molecule has 32 heavy (non-hydrogen) atoms. The normalized spacial score (nSPS) is 10.5. The number of nitrogens with one attached hydrogen (secondary N) is 2. The number of aryl methyl sites for hydroxylation is 1. The summed E-state index contributed by atoms with van der Waals surface area (Å²) < 4.78 is 1.86. The number of para-hydroxylation sites is 2. The van der Waals surface area contributed by atoms with Gasteiger partial charge in [0.15, 0.2) is 5.16 Å². The molecule has 166 valence electrons. The molecule has 3 rings (SSSR count). The molecule has 0 bridgehead atoms. The molecule has 4 N–H and O–H groups in total. The van der Waals surface area contributed by atoms with Crippen molar-refractivity contribution in [1.82, 2.24) is 20.1 Å². The van der Waals surface area contributed by atoms with Crippen LogP contribution in [-0.2, 0) is 16.0 Å². The number of hydrogen-bond donors (Lipinski definition) is 3. The van der Waals surface area contributed by atoms with Crippen molar-refractivity contribution in [1.29, 1.82) is 0 Å². The molecule has 0 unspecified atom stereocenters. The van der Waals surface area contributed by atoms with E-state index < -0.39 is 11.8 Å². The number of benzene rings is 2. The van der Waals surface area contributed by atoms with Crippen LogP contribution in [0.3, 0.4) is 0 Å². The molecule has 0 spiro atoms. The quantitative estimate of drug-likeness (QED) is 0.404. The maximum atomic E-state index is 12.6. The van der Waals surface area contributed by atoms with Crippen molar-refractivity contribution in [3.63, 3.8) is 0 Å². The molecule has 10 heteroatoms. The number of carbonyl (C=O) groups is 3. The molecular formula is C22H24N6O3S. The van der Waals surface area contributed by atoms with Gasteiger partial charge in [-0.1, -0.05) is 49.0 Å². The molecule has 3 aromatic rings. The van der Waals surface area contributed by atoms with Gasteiger partial charge in [-0.2, -0.15) is 0 Å². The second-order valence-corrected chi connectivity index (χ2v) is 7.76. The summed E-state index contributed by atoms with van der Waals surface area (Å²) in [5, 5.41) is 14.1. The Morgan fingerprint density at radius 3 is 2.62 bits per heavy atom. The number of primary amides is 1. The van der Waals surface area contributed by atoms with Gasteiger partial charge in [-0.15, -0.1) is 10.2 Å². The van der Waals surface area contributed by atoms with E-state index in [4.69, 9.17) is 5.73 Å². The molecule has 0 radical (unpaired) electrons. The zero-order valence-electron chi connectivity index (χ0n) is 17.6. The van der Waals surface area contributed by atoms with Crippen molar-refractivity contribution >= 4 is 35.2 Å². The van der Waals surface area contributed by atoms with Crippen LogP contribution in [0.1, 0.15) is 29.3 Å². The second kappa shape index (κ2) is 11.1. The van der Waals surface area contributed by atoms with Gasteiger partial charge in [0, 0.05) is 13.0 Å². The Morgan fingerprint density at radius 2 is 1.84 bits per heavy atom. The number of anilines is 1. The van der Waals surface area contributed by atoms with Gasteiger partial charge < -0.3 is 16.4 Å². The third-order valence-corrected chi connectivity index (χ3v) is 5.53. The molecule has 9 nitrogen and oxygen atoms in total. The summed E-state index contributed by atoms with van der Waals surface area (Å²) in [5.74, 6) is -1.10. The van der Waals surface area contributed by atoms with Gasteiger partial charge in [0.2, 0.25) is 11.8 Å². The van der Waals surface area contributed by atoms with E-state index in [1.807, 2.05) is 28.8 Å². The largest absolute Gasteiger partial charge is 0.370 e. The summed E-state index contributed by atoms with van der Waals surface area (Å²) in [6, 6.07) is 14.6. The molecule has 1 aromatic heterocycles. The Bertz CT molecular complexity index is 1110. The maximum Gasteiger partial charge on any atom is 0.253 e. The van der Waals surface area contributed by atoms with Crippen LogP contribution >= 0.6 is 11.8 Å². The Balaban J connectivity index is 1.64. The lowest BCUT2D eigenvalue weighted by Gasteiger charge is -2.12. The van der Waals surface area contributed by atoms with Gasteiger partial charge in [-0.3, -0.25) is 19.0 Å². The summed E-state index contributed by atoms with van der Waals surface area (Å²) in [4.78, 5) is 35.8. The number of nitrogens with two attached hydrogens (primary N) is 1. The summed E-state index contributed by atoms with van der Waals surface area (Å²) in [6.45, 7) is 2.20. The smallest absolute Gasteiger partial charge is 0.253 e. The molecule has 2 aromatic carbocycles. The van der Waals surface area contributed by atoms with Crippen LogP contribution in [0.4, 0.5) is 5.69 Å². The molecule has 0 fully saturated rings. The van der Waals surface area contributed by atoms with Crippen LogP contribution in [0.5, 0.6) is 0 Å². The van der Waals surface area contributed by atoms with E-state index in [0.29, 0.717) is 16.4 Å². The number of nitrogens with zero attached hydrogens (tertiary/aromatic N) is 3. The molecule has 1 heterocycles. The maximum absolute atomic E-state index is 12.6. The lowest BCUT2D eigenvalue weighted by Crippen LogP contribution is -2.29. The third kappa shape index (κ3) is 5.94. The van der Waals surface area contributed by atoms with Crippen LogP contribution in [0.2, 0.25) is 0 Å². The minimum absolute atomic E-state index is 0.0404. The lowest BCUT2D eigenvalue weighted by molar-refractivity contribution is -0.118. The third-order valence-electron chi connectivity index (χ3n) is 4.58. The summed E-state index contributed by atoms with van der Waals surface area (Å²) in [6.07, 6.45) is 2.52. The van der Waals surface area contributed by atoms with Crippen LogP contribution < -0.4 is 16.4 Å². The van der Waals surface area contributed by atoms with Crippen LogP contribution in [0.25, 0.3) is 5.69 Å². The minimum atomic E-state index is -0.502. The van der Waals surface area contributed by atoms with E-state index in [0.717, 1.165) is 17.7 Å². The number of hydrogen-bond acceptors (Lipinski definition) is 6. The standard InChI is InChI=1S/C22H24N6O3S/c1-2-15-7-3-6-10-18(15)28-14-25-27-22(28)32-13-20(30)26-17-9-5-4-8-16(17)21(31)24-12-11-19(23)29/h3-10,14H,2,11-13H2,1H3,(H2,23,29)(H,24,31)(H,26,30). The first-order valence-corrected chi connectivity index (χ1v) is 11.0. The zero-order chi connectivity index (χ0) is 22.9. The fourth-order valence-corrected chi connectivity index (χ4v) is 3.76. The SMILES string of the molecule is CCc1ccccc1-n1cnnc1SCC(=O)Nc1ccccc1C(=O)NCCC(N)=O. The Labute approximate surface area is 189 Å². The average molecular weight is 453 g/mol. The predicted molar refractivity (Wildman–Crippen MR) is 123 cm³/mol. The predicted octanol–water partition coefficient (Wildman–Crippen LogP) is 2.17. The fourth-order valence-electron chi connectivity index (χ4n) is 3.03. The summed E-state index contributed by atoms with van der Waals surface area (Å²) >= 11 is 1.25. The van der Waals surface area contributed by atoms with Crippen LogP contribution in [0, 0.1) is 0 Å². The molecular weight excluding hydrogens is 428 g/mol. The van der Waals surface area contributed by atoms with Gasteiger partial charge in [-0.05, 0) is 30.2 Å². The van der Waals surface area contributed by atoms with E-state index in [9.17, 15) is 14.4 Å². The Kier molecular flexibility index (Phi) is 7.98. The highest BCUT2D eigenvalue weighted by atomic mass is 32.2. The number of thioether (sulfide) groups is 1. The topological polar surface area (TPSA) is 132 Å². The Morgan fingerprint density at radius 1 is 1.09 bits per heavy atom. The minimum Gasteiger partial charge on any atom is -0.370 e. The average Bonchev–Trinajstić information content (AvgIpc) is 3.26. The monoisotopic (exact) mass is 452 g/mol. The van der Waals surface area contributed by atoms with Gasteiger partial charge in [0.1, 0.15) is 6.33 Å². The van der Waals surface area contributed by atoms with Crippen molar-refractivity contribution in [2.24, 2.45) is 5.73 Å². The molecule has 0 saturated carbocycles. The van der Waals surface area contributed by atoms with Crippen molar-refractivity contribution in [2.45, 2.75) is 24.9 Å². The van der Waals surface area contributed by atoms with E-state index in [2.05, 4.69) is 27.8 Å². The molecule has 0 atom stereocenters. The van der Waals surface area contributed by atoms with Crippen molar-refractivity contribution in [3.8, 4) is 5.69 Å². The van der Waals surface area contributed by atoms with Crippen LogP contribution in [0.15, 0.2) is 60.0 Å². The molecule has 0 saturated heterocycles. The molecule has 0 aliphatic heterocycles. The first kappa shape index (κ1) is 23.0.